The Hall–Kier alpha value is -3.44. The third-order valence-corrected chi connectivity index (χ3v) is 4.77. The number of carbonyl (C=O) groups is 1. The van der Waals surface area contributed by atoms with Gasteiger partial charge in [0, 0.05) is 19.3 Å². The summed E-state index contributed by atoms with van der Waals surface area (Å²) in [6.45, 7) is 4.26. The largest absolute Gasteiger partial charge is 0.454 e. The lowest BCUT2D eigenvalue weighted by molar-refractivity contribution is -0.141. The molecule has 9 nitrogen and oxygen atoms in total. The van der Waals surface area contributed by atoms with E-state index in [9.17, 15) is 27.6 Å². The van der Waals surface area contributed by atoms with Crippen LogP contribution in [0.5, 0.6) is 0 Å². The van der Waals surface area contributed by atoms with Crippen molar-refractivity contribution in [2.24, 2.45) is 0 Å². The van der Waals surface area contributed by atoms with E-state index in [1.165, 1.54) is 4.57 Å². The first-order chi connectivity index (χ1) is 15.2. The molecule has 3 rings (SSSR count). The van der Waals surface area contributed by atoms with Crippen molar-refractivity contribution in [3.05, 3.63) is 56.2 Å². The van der Waals surface area contributed by atoms with Crippen LogP contribution in [0.1, 0.15) is 55.0 Å². The average molecular weight is 453 g/mol. The predicted molar refractivity (Wildman–Crippen MR) is 108 cm³/mol. The van der Waals surface area contributed by atoms with E-state index in [1.807, 2.05) is 13.8 Å². The number of aromatic nitrogens is 5. The Balaban J connectivity index is 1.92. The van der Waals surface area contributed by atoms with Crippen LogP contribution < -0.4 is 11.2 Å². The van der Waals surface area contributed by atoms with Gasteiger partial charge in [0.05, 0.1) is 5.56 Å². The summed E-state index contributed by atoms with van der Waals surface area (Å²) in [4.78, 5) is 46.9. The summed E-state index contributed by atoms with van der Waals surface area (Å²) in [6, 6.07) is 1.66. The lowest BCUT2D eigenvalue weighted by atomic mass is 10.2. The van der Waals surface area contributed by atoms with Gasteiger partial charge in [-0.1, -0.05) is 20.3 Å². The van der Waals surface area contributed by atoms with Crippen molar-refractivity contribution in [2.75, 3.05) is 0 Å². The van der Waals surface area contributed by atoms with Gasteiger partial charge in [0.25, 0.3) is 5.56 Å². The molecule has 3 aromatic rings. The molecule has 3 heterocycles. The number of halogens is 3. The van der Waals surface area contributed by atoms with Crippen molar-refractivity contribution in [3.63, 3.8) is 0 Å². The SMILES string of the molecule is CCCCn1c(=O)[nH]c(=O)c2c1nc(COC(=O)c1ccc(C(F)(F)F)nc1)n2CCC. The Bertz CT molecular complexity index is 1230. The number of ether oxygens (including phenoxy) is 1. The minimum absolute atomic E-state index is 0.158. The van der Waals surface area contributed by atoms with Crippen LogP contribution in [0.2, 0.25) is 0 Å². The number of nitrogens with zero attached hydrogens (tertiary/aromatic N) is 4. The fourth-order valence-electron chi connectivity index (χ4n) is 3.21. The van der Waals surface area contributed by atoms with E-state index in [0.717, 1.165) is 18.7 Å². The molecule has 0 aliphatic rings. The van der Waals surface area contributed by atoms with Crippen LogP contribution in [0.15, 0.2) is 27.9 Å². The van der Waals surface area contributed by atoms with Crippen molar-refractivity contribution < 1.29 is 22.7 Å². The highest BCUT2D eigenvalue weighted by Gasteiger charge is 2.32. The fraction of sp³-hybridized carbons (Fsp3) is 0.450. The molecule has 0 saturated heterocycles. The van der Waals surface area contributed by atoms with Gasteiger partial charge in [-0.25, -0.2) is 14.6 Å². The number of H-pyrrole nitrogens is 1. The number of aromatic amines is 1. The van der Waals surface area contributed by atoms with Crippen molar-refractivity contribution in [2.45, 2.75) is 59.0 Å². The normalized spacial score (nSPS) is 11.8. The summed E-state index contributed by atoms with van der Waals surface area (Å²) in [5, 5.41) is 0. The van der Waals surface area contributed by atoms with Gasteiger partial charge in [-0.05, 0) is 25.0 Å². The highest BCUT2D eigenvalue weighted by atomic mass is 19.4. The first-order valence-electron chi connectivity index (χ1n) is 10.1. The smallest absolute Gasteiger partial charge is 0.433 e. The third kappa shape index (κ3) is 4.73. The molecule has 0 unspecified atom stereocenters. The van der Waals surface area contributed by atoms with E-state index >= 15 is 0 Å². The van der Waals surface area contributed by atoms with Crippen molar-refractivity contribution >= 4 is 17.1 Å². The number of hydrogen-bond acceptors (Lipinski definition) is 6. The minimum atomic E-state index is -4.62. The number of alkyl halides is 3. The quantitative estimate of drug-likeness (QED) is 0.525. The van der Waals surface area contributed by atoms with Crippen LogP contribution in [0.25, 0.3) is 11.2 Å². The second-order valence-electron chi connectivity index (χ2n) is 7.12. The summed E-state index contributed by atoms with van der Waals surface area (Å²) in [6.07, 6.45) is -1.66. The lowest BCUT2D eigenvalue weighted by Crippen LogP contribution is -2.31. The summed E-state index contributed by atoms with van der Waals surface area (Å²) in [5.41, 5.74) is -2.05. The highest BCUT2D eigenvalue weighted by Crippen LogP contribution is 2.27. The van der Waals surface area contributed by atoms with E-state index in [0.29, 0.717) is 32.0 Å². The van der Waals surface area contributed by atoms with Crippen LogP contribution in [-0.2, 0) is 30.6 Å². The van der Waals surface area contributed by atoms with Gasteiger partial charge in [-0.3, -0.25) is 19.3 Å². The number of esters is 1. The molecule has 12 heteroatoms. The van der Waals surface area contributed by atoms with Gasteiger partial charge in [0.15, 0.2) is 11.2 Å². The molecule has 0 atom stereocenters. The second-order valence-corrected chi connectivity index (χ2v) is 7.12. The number of unbranched alkanes of at least 4 members (excludes halogenated alkanes) is 1. The third-order valence-electron chi connectivity index (χ3n) is 4.77. The first-order valence-corrected chi connectivity index (χ1v) is 10.1. The number of aryl methyl sites for hydroxylation is 2. The van der Waals surface area contributed by atoms with E-state index < -0.39 is 29.1 Å². The predicted octanol–water partition coefficient (Wildman–Crippen LogP) is 2.87. The highest BCUT2D eigenvalue weighted by molar-refractivity contribution is 5.89. The zero-order valence-electron chi connectivity index (χ0n) is 17.5. The van der Waals surface area contributed by atoms with Gasteiger partial charge < -0.3 is 9.30 Å². The molecule has 172 valence electrons. The number of carbonyl (C=O) groups excluding carboxylic acids is 1. The van der Waals surface area contributed by atoms with Gasteiger partial charge in [0.2, 0.25) is 0 Å². The number of rotatable bonds is 8. The fourth-order valence-corrected chi connectivity index (χ4v) is 3.21. The molecule has 0 bridgehead atoms. The monoisotopic (exact) mass is 453 g/mol. The Labute approximate surface area is 179 Å². The van der Waals surface area contributed by atoms with Gasteiger partial charge >= 0.3 is 17.8 Å². The number of pyridine rings is 1. The molecule has 0 amide bonds. The summed E-state index contributed by atoms with van der Waals surface area (Å²) >= 11 is 0. The number of hydrogen-bond donors (Lipinski definition) is 1. The van der Waals surface area contributed by atoms with Crippen LogP contribution in [-0.4, -0.2) is 30.1 Å². The lowest BCUT2D eigenvalue weighted by Gasteiger charge is -2.09. The Morgan fingerprint density at radius 1 is 1.12 bits per heavy atom. The molecule has 0 aromatic carbocycles. The molecule has 0 radical (unpaired) electrons. The summed E-state index contributed by atoms with van der Waals surface area (Å²) < 4.78 is 46.1. The Morgan fingerprint density at radius 2 is 1.88 bits per heavy atom. The topological polar surface area (TPSA) is 112 Å². The van der Waals surface area contributed by atoms with Gasteiger partial charge in [-0.15, -0.1) is 0 Å². The van der Waals surface area contributed by atoms with E-state index in [1.54, 1.807) is 4.57 Å². The number of imidazole rings is 1. The van der Waals surface area contributed by atoms with Crippen LogP contribution in [0.3, 0.4) is 0 Å². The van der Waals surface area contributed by atoms with E-state index in [2.05, 4.69) is 15.0 Å². The number of fused-ring (bicyclic) bond motifs is 1. The molecular weight excluding hydrogens is 431 g/mol. The van der Waals surface area contributed by atoms with Crippen LogP contribution in [0.4, 0.5) is 13.2 Å². The van der Waals surface area contributed by atoms with E-state index in [4.69, 9.17) is 4.74 Å². The first kappa shape index (κ1) is 23.2. The molecule has 1 N–H and O–H groups in total. The molecule has 0 spiro atoms. The Kier molecular flexibility index (Phi) is 6.80. The second kappa shape index (κ2) is 9.37. The number of nitrogens with one attached hydrogen (secondary N) is 1. The maximum Gasteiger partial charge on any atom is 0.433 e. The molecule has 0 aliphatic heterocycles. The van der Waals surface area contributed by atoms with E-state index in [-0.39, 0.29) is 29.2 Å². The maximum atomic E-state index is 12.6. The summed E-state index contributed by atoms with van der Waals surface area (Å²) in [5.74, 6) is -0.643. The standard InChI is InChI=1S/C20H22F3N5O4/c1-3-5-9-28-16-15(17(29)26-19(28)31)27(8-4-2)14(25-16)11-32-18(30)12-6-7-13(24-10-12)20(21,22)23/h6-7,10H,3-5,8-9,11H2,1-2H3,(H,26,29,31). The van der Waals surface area contributed by atoms with Crippen molar-refractivity contribution in [1.29, 1.82) is 0 Å². The molecule has 32 heavy (non-hydrogen) atoms. The molecule has 0 saturated carbocycles. The zero-order chi connectivity index (χ0) is 23.5. The minimum Gasteiger partial charge on any atom is -0.454 e. The molecule has 3 aromatic heterocycles. The van der Waals surface area contributed by atoms with Crippen LogP contribution in [0, 0.1) is 0 Å². The molecule has 0 fully saturated rings. The average Bonchev–Trinajstić information content (AvgIpc) is 3.10. The van der Waals surface area contributed by atoms with Crippen molar-refractivity contribution in [1.82, 2.24) is 24.1 Å². The molecular formula is C20H22F3N5O4. The molecule has 0 aliphatic carbocycles. The van der Waals surface area contributed by atoms with Gasteiger partial charge in [-0.2, -0.15) is 13.2 Å². The zero-order valence-corrected chi connectivity index (χ0v) is 17.5. The van der Waals surface area contributed by atoms with Crippen molar-refractivity contribution in [3.8, 4) is 0 Å². The summed E-state index contributed by atoms with van der Waals surface area (Å²) in [7, 11) is 0. The van der Waals surface area contributed by atoms with Crippen LogP contribution >= 0.6 is 0 Å². The van der Waals surface area contributed by atoms with Gasteiger partial charge in [0.1, 0.15) is 18.1 Å². The maximum absolute atomic E-state index is 12.6. The Morgan fingerprint density at radius 3 is 2.47 bits per heavy atom.